The van der Waals surface area contributed by atoms with Gasteiger partial charge in [-0.05, 0) is 81.0 Å². The number of aryl methyl sites for hydroxylation is 2. The molecule has 7 heteroatoms. The Labute approximate surface area is 282 Å². The fourth-order valence-electron chi connectivity index (χ4n) is 4.03. The Kier molecular flexibility index (Phi) is 25.7. The zero-order chi connectivity index (χ0) is 35.7. The lowest BCUT2D eigenvalue weighted by atomic mass is 9.87. The van der Waals surface area contributed by atoms with Crippen molar-refractivity contribution in [2.45, 2.75) is 81.2 Å². The highest BCUT2D eigenvalue weighted by Gasteiger charge is 2.16. The number of benzene rings is 2. The molecule has 0 unspecified atom stereocenters. The van der Waals surface area contributed by atoms with Gasteiger partial charge in [0.05, 0.1) is 19.8 Å². The third kappa shape index (κ3) is 20.9. The number of carbonyl (C=O) groups is 1. The number of hydrogen-bond donors (Lipinski definition) is 2. The smallest absolute Gasteiger partial charge is 0.249 e. The van der Waals surface area contributed by atoms with Crippen LogP contribution in [0.3, 0.4) is 0 Å². The molecule has 7 nitrogen and oxygen atoms in total. The second-order valence-corrected chi connectivity index (χ2v) is 12.2. The van der Waals surface area contributed by atoms with E-state index >= 15 is 0 Å². The minimum absolute atomic E-state index is 0.00274. The first kappa shape index (κ1) is 45.2. The van der Waals surface area contributed by atoms with Gasteiger partial charge < -0.3 is 29.7 Å². The largest absolute Gasteiger partial charge is 0.508 e. The van der Waals surface area contributed by atoms with Crippen molar-refractivity contribution in [1.29, 1.82) is 0 Å². The highest BCUT2D eigenvalue weighted by atomic mass is 16.5. The summed E-state index contributed by atoms with van der Waals surface area (Å²) in [5.41, 5.74) is 6.34. The third-order valence-electron chi connectivity index (χ3n) is 6.91. The standard InChI is InChI=1S/C25H43N3O3.C9H12O.C3H6.C2H6/c1-21(2)24(29)28(20-22-8-10-23(11-9-22)25(3,4)5)14-12-26-13-17-31-19-16-27(6)15-18-30-7;1-6-4-7(2)8(3)9(10)5-6;1-3-2;1-2/h8-11,26H,1,12-20H2,2-7H3;4-5,10H,1-3H3;3H,1H2,2H3;1-2H3. The Morgan fingerprint density at radius 2 is 1.54 bits per heavy atom. The van der Waals surface area contributed by atoms with Gasteiger partial charge in [0.2, 0.25) is 5.91 Å². The summed E-state index contributed by atoms with van der Waals surface area (Å²) in [6.07, 6.45) is 1.75. The maximum Gasteiger partial charge on any atom is 0.249 e. The first-order chi connectivity index (χ1) is 21.7. The number of rotatable bonds is 15. The number of phenols is 1. The number of likely N-dealkylation sites (N-methyl/N-ethyl adjacent to an activating group) is 1. The molecule has 1 amide bonds. The highest BCUT2D eigenvalue weighted by molar-refractivity contribution is 5.92. The fraction of sp³-hybridized carbons (Fsp3) is 0.564. The molecular weight excluding hydrogens is 574 g/mol. The molecule has 262 valence electrons. The van der Waals surface area contributed by atoms with E-state index in [1.54, 1.807) is 26.2 Å². The maximum absolute atomic E-state index is 12.6. The first-order valence-electron chi connectivity index (χ1n) is 16.5. The Hall–Kier alpha value is -2.97. The van der Waals surface area contributed by atoms with Crippen LogP contribution in [0.15, 0.2) is 61.2 Å². The molecule has 2 aromatic rings. The van der Waals surface area contributed by atoms with E-state index in [0.717, 1.165) is 55.0 Å². The molecule has 0 radical (unpaired) electrons. The summed E-state index contributed by atoms with van der Waals surface area (Å²) in [5, 5.41) is 12.6. The molecule has 0 fully saturated rings. The minimum Gasteiger partial charge on any atom is -0.508 e. The molecule has 0 aliphatic carbocycles. The van der Waals surface area contributed by atoms with E-state index in [2.05, 4.69) is 81.5 Å². The molecular formula is C39H67N3O4. The summed E-state index contributed by atoms with van der Waals surface area (Å²) < 4.78 is 10.7. The molecule has 0 bridgehead atoms. The van der Waals surface area contributed by atoms with E-state index in [1.165, 1.54) is 5.56 Å². The van der Waals surface area contributed by atoms with E-state index in [1.807, 2.05) is 46.4 Å². The van der Waals surface area contributed by atoms with E-state index in [9.17, 15) is 9.90 Å². The van der Waals surface area contributed by atoms with E-state index in [0.29, 0.717) is 37.6 Å². The first-order valence-corrected chi connectivity index (χ1v) is 16.5. The Balaban J connectivity index is 0. The number of nitrogens with one attached hydrogen (secondary N) is 1. The van der Waals surface area contributed by atoms with Crippen molar-refractivity contribution in [3.05, 3.63) is 89.0 Å². The van der Waals surface area contributed by atoms with Gasteiger partial charge in [-0.2, -0.15) is 0 Å². The van der Waals surface area contributed by atoms with Crippen molar-refractivity contribution >= 4 is 5.91 Å². The molecule has 0 spiro atoms. The van der Waals surface area contributed by atoms with Crippen LogP contribution in [0.1, 0.15) is 76.3 Å². The Morgan fingerprint density at radius 3 is 2.04 bits per heavy atom. The molecule has 2 rings (SSSR count). The lowest BCUT2D eigenvalue weighted by Gasteiger charge is -2.24. The van der Waals surface area contributed by atoms with Crippen LogP contribution in [0.25, 0.3) is 0 Å². The van der Waals surface area contributed by atoms with Crippen LogP contribution in [0.5, 0.6) is 5.75 Å². The molecule has 0 aliphatic heterocycles. The van der Waals surface area contributed by atoms with Crippen LogP contribution in [0.4, 0.5) is 0 Å². The highest BCUT2D eigenvalue weighted by Crippen LogP contribution is 2.23. The second kappa shape index (κ2) is 26.1. The number of nitrogens with zero attached hydrogens (tertiary/aromatic N) is 2. The van der Waals surface area contributed by atoms with Crippen molar-refractivity contribution in [1.82, 2.24) is 15.1 Å². The van der Waals surface area contributed by atoms with E-state index < -0.39 is 0 Å². The van der Waals surface area contributed by atoms with Crippen molar-refractivity contribution in [3.8, 4) is 5.75 Å². The number of methoxy groups -OCH3 is 1. The molecule has 0 saturated carbocycles. The molecule has 46 heavy (non-hydrogen) atoms. The summed E-state index contributed by atoms with van der Waals surface area (Å²) in [6, 6.07) is 12.4. The zero-order valence-corrected chi connectivity index (χ0v) is 31.4. The molecule has 0 heterocycles. The summed E-state index contributed by atoms with van der Waals surface area (Å²) in [4.78, 5) is 16.6. The normalized spacial score (nSPS) is 10.5. The van der Waals surface area contributed by atoms with E-state index in [4.69, 9.17) is 9.47 Å². The van der Waals surface area contributed by atoms with Crippen LogP contribution in [0, 0.1) is 20.8 Å². The minimum atomic E-state index is -0.00274. The predicted octanol–water partition coefficient (Wildman–Crippen LogP) is 7.61. The Bertz CT molecular complexity index is 1080. The van der Waals surface area contributed by atoms with Gasteiger partial charge in [-0.15, -0.1) is 6.58 Å². The molecule has 2 N–H and O–H groups in total. The Morgan fingerprint density at radius 1 is 0.978 bits per heavy atom. The number of hydrogen-bond acceptors (Lipinski definition) is 6. The van der Waals surface area contributed by atoms with E-state index in [-0.39, 0.29) is 11.3 Å². The van der Waals surface area contributed by atoms with Gasteiger partial charge in [0.1, 0.15) is 5.75 Å². The molecule has 2 aromatic carbocycles. The van der Waals surface area contributed by atoms with Gasteiger partial charge in [-0.25, -0.2) is 0 Å². The summed E-state index contributed by atoms with van der Waals surface area (Å²) >= 11 is 0. The van der Waals surface area contributed by atoms with Gasteiger partial charge >= 0.3 is 0 Å². The average Bonchev–Trinajstić information content (AvgIpc) is 3.00. The molecule has 0 atom stereocenters. The number of aromatic hydroxyl groups is 1. The summed E-state index contributed by atoms with van der Waals surface area (Å²) in [5.74, 6) is 0.398. The summed E-state index contributed by atoms with van der Waals surface area (Å²) in [6.45, 7) is 33.9. The van der Waals surface area contributed by atoms with Crippen LogP contribution < -0.4 is 5.32 Å². The third-order valence-corrected chi connectivity index (χ3v) is 6.91. The number of allylic oxidation sites excluding steroid dienone is 1. The van der Waals surface area contributed by atoms with Crippen molar-refractivity contribution in [2.24, 2.45) is 0 Å². The lowest BCUT2D eigenvalue weighted by molar-refractivity contribution is -0.127. The number of amides is 1. The molecule has 0 aromatic heterocycles. The van der Waals surface area contributed by atoms with Gasteiger partial charge in [0.25, 0.3) is 0 Å². The quantitative estimate of drug-likeness (QED) is 0.119. The topological polar surface area (TPSA) is 74.3 Å². The summed E-state index contributed by atoms with van der Waals surface area (Å²) in [7, 11) is 3.77. The van der Waals surface area contributed by atoms with Crippen molar-refractivity contribution < 1.29 is 19.4 Å². The zero-order valence-electron chi connectivity index (χ0n) is 31.4. The van der Waals surface area contributed by atoms with Crippen molar-refractivity contribution in [2.75, 3.05) is 66.7 Å². The SMILES string of the molecule is C=C(C)C(=O)N(CCNCCOCCN(C)CCOC)Cc1ccc(C(C)(C)C)cc1.C=CC.CC.Cc1cc(C)c(C)c(O)c1. The number of carbonyl (C=O) groups excluding carboxylic acids is 1. The fourth-order valence-corrected chi connectivity index (χ4v) is 4.03. The van der Waals surface area contributed by atoms with Gasteiger partial charge in [-0.3, -0.25) is 4.79 Å². The molecule has 0 saturated heterocycles. The van der Waals surface area contributed by atoms with Gasteiger partial charge in [-0.1, -0.05) is 77.6 Å². The number of phenolic OH excluding ortho intramolecular Hbond substituents is 1. The molecule has 0 aliphatic rings. The lowest BCUT2D eigenvalue weighted by Crippen LogP contribution is -2.37. The number of ether oxygens (including phenoxy) is 2. The van der Waals surface area contributed by atoms with Gasteiger partial charge in [0.15, 0.2) is 0 Å². The van der Waals surface area contributed by atoms with Gasteiger partial charge in [0, 0.05) is 52.0 Å². The van der Waals surface area contributed by atoms with Crippen molar-refractivity contribution in [3.63, 3.8) is 0 Å². The average molecular weight is 642 g/mol. The maximum atomic E-state index is 12.6. The van der Waals surface area contributed by atoms with Crippen LogP contribution >= 0.6 is 0 Å². The van der Waals surface area contributed by atoms with Crippen LogP contribution in [0.2, 0.25) is 0 Å². The second-order valence-electron chi connectivity index (χ2n) is 12.2. The monoisotopic (exact) mass is 642 g/mol. The predicted molar refractivity (Wildman–Crippen MR) is 198 cm³/mol. The van der Waals surface area contributed by atoms with Crippen LogP contribution in [-0.2, 0) is 26.2 Å². The van der Waals surface area contributed by atoms with Crippen LogP contribution in [-0.4, -0.2) is 87.5 Å².